The number of fused-ring (bicyclic) bond motifs is 3. The first-order valence-corrected chi connectivity index (χ1v) is 7.42. The predicted molar refractivity (Wildman–Crippen MR) is 88.6 cm³/mol. The minimum atomic E-state index is 0.154. The van der Waals surface area contributed by atoms with E-state index in [9.17, 15) is 0 Å². The maximum atomic E-state index is 3.58. The Kier molecular flexibility index (Phi) is 2.89. The minimum Gasteiger partial charge on any atom is -0.358 e. The van der Waals surface area contributed by atoms with Crippen LogP contribution in [0.5, 0.6) is 0 Å². The molecule has 0 amide bonds. The lowest BCUT2D eigenvalue weighted by molar-refractivity contribution is 0.574. The van der Waals surface area contributed by atoms with Crippen LogP contribution < -0.4 is 0 Å². The zero-order chi connectivity index (χ0) is 14.5. The molecule has 0 saturated carbocycles. The molecule has 0 saturated heterocycles. The molecule has 0 aliphatic carbocycles. The second kappa shape index (κ2) is 4.37. The predicted octanol–water partition coefficient (Wildman–Crippen LogP) is 5.74. The Hall–Kier alpha value is -1.76. The Labute approximate surface area is 121 Å². The maximum absolute atomic E-state index is 3.58. The molecule has 3 rings (SSSR count). The molecule has 0 bridgehead atoms. The Balaban J connectivity index is 2.33. The molecular formula is C19H23N. The Bertz CT molecular complexity index is 769. The van der Waals surface area contributed by atoms with Gasteiger partial charge in [-0.3, -0.25) is 0 Å². The van der Waals surface area contributed by atoms with Crippen molar-refractivity contribution in [2.24, 2.45) is 0 Å². The van der Waals surface area contributed by atoms with Gasteiger partial charge in [0.2, 0.25) is 0 Å². The molecule has 0 unspecified atom stereocenters. The maximum Gasteiger partial charge on any atom is 0.0462 e. The molecule has 1 aromatic heterocycles. The Morgan fingerprint density at radius 1 is 0.900 bits per heavy atom. The van der Waals surface area contributed by atoms with E-state index < -0.39 is 0 Å². The van der Waals surface area contributed by atoms with Crippen molar-refractivity contribution in [3.05, 3.63) is 47.7 Å². The molecule has 1 heteroatoms. The molecular weight excluding hydrogens is 242 g/mol. The van der Waals surface area contributed by atoms with E-state index in [0.717, 1.165) is 0 Å². The van der Waals surface area contributed by atoms with Crippen LogP contribution in [0, 0.1) is 0 Å². The fraction of sp³-hybridized carbons (Fsp3) is 0.368. The van der Waals surface area contributed by atoms with E-state index in [1.165, 1.54) is 32.9 Å². The lowest BCUT2D eigenvalue weighted by atomic mass is 9.92. The molecule has 0 aliphatic rings. The van der Waals surface area contributed by atoms with Crippen LogP contribution in [0.3, 0.4) is 0 Å². The molecule has 1 nitrogen and oxygen atoms in total. The Morgan fingerprint density at radius 2 is 1.60 bits per heavy atom. The summed E-state index contributed by atoms with van der Waals surface area (Å²) in [6, 6.07) is 13.6. The summed E-state index contributed by atoms with van der Waals surface area (Å²) in [6.45, 7) is 11.2. The highest BCUT2D eigenvalue weighted by atomic mass is 14.7. The van der Waals surface area contributed by atoms with Crippen molar-refractivity contribution in [1.29, 1.82) is 0 Å². The van der Waals surface area contributed by atoms with Gasteiger partial charge in [-0.25, -0.2) is 0 Å². The number of aromatic amines is 1. The number of rotatable bonds is 1. The molecule has 104 valence electrons. The Morgan fingerprint density at radius 3 is 2.25 bits per heavy atom. The van der Waals surface area contributed by atoms with Crippen LogP contribution in [-0.4, -0.2) is 4.98 Å². The average molecular weight is 265 g/mol. The van der Waals surface area contributed by atoms with E-state index in [0.29, 0.717) is 5.92 Å². The topological polar surface area (TPSA) is 15.8 Å². The third-order valence-corrected chi connectivity index (χ3v) is 4.12. The molecule has 1 N–H and O–H groups in total. The van der Waals surface area contributed by atoms with Gasteiger partial charge in [0.05, 0.1) is 0 Å². The van der Waals surface area contributed by atoms with Crippen molar-refractivity contribution in [2.75, 3.05) is 0 Å². The summed E-state index contributed by atoms with van der Waals surface area (Å²) in [5.74, 6) is 0.565. The molecule has 1 heterocycles. The van der Waals surface area contributed by atoms with Gasteiger partial charge >= 0.3 is 0 Å². The van der Waals surface area contributed by atoms with Crippen molar-refractivity contribution in [3.8, 4) is 0 Å². The summed E-state index contributed by atoms with van der Waals surface area (Å²) in [6.07, 6.45) is 0. The second-order valence-corrected chi connectivity index (χ2v) is 7.10. The highest BCUT2D eigenvalue weighted by Gasteiger charge is 2.17. The number of benzene rings is 2. The first-order valence-electron chi connectivity index (χ1n) is 7.42. The molecule has 2 aromatic carbocycles. The lowest BCUT2D eigenvalue weighted by Gasteiger charge is -2.15. The van der Waals surface area contributed by atoms with Gasteiger partial charge in [0.1, 0.15) is 0 Å². The molecule has 0 fully saturated rings. The zero-order valence-corrected chi connectivity index (χ0v) is 13.0. The van der Waals surface area contributed by atoms with Crippen molar-refractivity contribution < 1.29 is 0 Å². The van der Waals surface area contributed by atoms with Crippen LogP contribution >= 0.6 is 0 Å². The summed E-state index contributed by atoms with van der Waals surface area (Å²) in [4.78, 5) is 3.58. The summed E-state index contributed by atoms with van der Waals surface area (Å²) in [5, 5.41) is 4.02. The van der Waals surface area contributed by atoms with Crippen molar-refractivity contribution in [2.45, 2.75) is 46.0 Å². The summed E-state index contributed by atoms with van der Waals surface area (Å²) >= 11 is 0. The van der Waals surface area contributed by atoms with Crippen LogP contribution in [0.25, 0.3) is 21.7 Å². The van der Waals surface area contributed by atoms with E-state index in [1.54, 1.807) is 0 Å². The minimum absolute atomic E-state index is 0.154. The SMILES string of the molecule is CC(C)c1ccc2ccc3[nH]c(C(C)(C)C)cc3c2c1. The highest BCUT2D eigenvalue weighted by molar-refractivity contribution is 6.07. The molecule has 0 aliphatic heterocycles. The van der Waals surface area contributed by atoms with Crippen LogP contribution in [0.15, 0.2) is 36.4 Å². The van der Waals surface area contributed by atoms with Gasteiger partial charge in [-0.05, 0) is 34.4 Å². The summed E-state index contributed by atoms with van der Waals surface area (Å²) in [5.41, 5.74) is 4.10. The number of nitrogens with one attached hydrogen (secondary N) is 1. The number of hydrogen-bond acceptors (Lipinski definition) is 0. The van der Waals surface area contributed by atoms with Gasteiger partial charge in [-0.1, -0.05) is 58.9 Å². The van der Waals surface area contributed by atoms with E-state index in [1.807, 2.05) is 0 Å². The van der Waals surface area contributed by atoms with Crippen LogP contribution in [0.4, 0.5) is 0 Å². The van der Waals surface area contributed by atoms with Crippen molar-refractivity contribution in [3.63, 3.8) is 0 Å². The van der Waals surface area contributed by atoms with Gasteiger partial charge in [0.15, 0.2) is 0 Å². The first kappa shape index (κ1) is 13.2. The number of hydrogen-bond donors (Lipinski definition) is 1. The molecule has 0 atom stereocenters. The van der Waals surface area contributed by atoms with Gasteiger partial charge in [0, 0.05) is 22.0 Å². The summed E-state index contributed by atoms with van der Waals surface area (Å²) in [7, 11) is 0. The van der Waals surface area contributed by atoms with Gasteiger partial charge in [0.25, 0.3) is 0 Å². The molecule has 3 aromatic rings. The molecule has 20 heavy (non-hydrogen) atoms. The lowest BCUT2D eigenvalue weighted by Crippen LogP contribution is -2.10. The highest BCUT2D eigenvalue weighted by Crippen LogP contribution is 2.32. The van der Waals surface area contributed by atoms with Crippen LogP contribution in [0.2, 0.25) is 0 Å². The van der Waals surface area contributed by atoms with E-state index in [4.69, 9.17) is 0 Å². The van der Waals surface area contributed by atoms with E-state index >= 15 is 0 Å². The first-order chi connectivity index (χ1) is 9.36. The molecule has 0 spiro atoms. The number of aromatic nitrogens is 1. The normalized spacial score (nSPS) is 12.7. The van der Waals surface area contributed by atoms with Crippen molar-refractivity contribution >= 4 is 21.7 Å². The number of H-pyrrole nitrogens is 1. The quantitative estimate of drug-likeness (QED) is 0.577. The largest absolute Gasteiger partial charge is 0.358 e. The van der Waals surface area contributed by atoms with Crippen LogP contribution in [-0.2, 0) is 5.41 Å². The van der Waals surface area contributed by atoms with Gasteiger partial charge < -0.3 is 4.98 Å². The third kappa shape index (κ3) is 2.11. The smallest absolute Gasteiger partial charge is 0.0462 e. The van der Waals surface area contributed by atoms with Crippen molar-refractivity contribution in [1.82, 2.24) is 4.98 Å². The van der Waals surface area contributed by atoms with E-state index in [2.05, 4.69) is 76.0 Å². The fourth-order valence-electron chi connectivity index (χ4n) is 2.71. The monoisotopic (exact) mass is 265 g/mol. The van der Waals surface area contributed by atoms with Gasteiger partial charge in [-0.2, -0.15) is 0 Å². The third-order valence-electron chi connectivity index (χ3n) is 4.12. The summed E-state index contributed by atoms with van der Waals surface area (Å²) < 4.78 is 0. The average Bonchev–Trinajstić information content (AvgIpc) is 2.82. The zero-order valence-electron chi connectivity index (χ0n) is 13.0. The fourth-order valence-corrected chi connectivity index (χ4v) is 2.71. The molecule has 0 radical (unpaired) electrons. The standard InChI is InChI=1S/C19H23N/c1-12(2)14-7-6-13-8-9-17-16(15(13)10-14)11-18(20-17)19(3,4)5/h6-12,20H,1-5H3. The van der Waals surface area contributed by atoms with E-state index in [-0.39, 0.29) is 5.41 Å². The van der Waals surface area contributed by atoms with Crippen LogP contribution in [0.1, 0.15) is 51.8 Å². The second-order valence-electron chi connectivity index (χ2n) is 7.10. The van der Waals surface area contributed by atoms with Gasteiger partial charge in [-0.15, -0.1) is 0 Å².